The highest BCUT2D eigenvalue weighted by Crippen LogP contribution is 2.32. The van der Waals surface area contributed by atoms with Crippen molar-refractivity contribution < 1.29 is 18.3 Å². The first-order chi connectivity index (χ1) is 14.5. The smallest absolute Gasteiger partial charge is 0.263 e. The van der Waals surface area contributed by atoms with Crippen LogP contribution in [0.5, 0.6) is 5.88 Å². The number of allylic oxidation sites excluding steroid dienone is 1. The molecule has 4 rings (SSSR count). The first kappa shape index (κ1) is 20.3. The maximum Gasteiger partial charge on any atom is 0.263 e. The fourth-order valence-corrected chi connectivity index (χ4v) is 3.36. The summed E-state index contributed by atoms with van der Waals surface area (Å²) in [7, 11) is 0. The SMILES string of the molecule is C/C(N)=C(\COc1ccc(N2CC(C3COC3)C2)nn1)Nc1ccc(C(F)F)cc1. The molecule has 0 atom stereocenters. The molecule has 0 bridgehead atoms. The standard InChI is InChI=1S/C21H25F2N5O2/c1-13(24)18(25-17-4-2-14(3-5-17)21(22)23)12-30-20-7-6-19(26-27-20)28-8-15(9-28)16-10-29-11-16/h2-7,15-16,21,25H,8-12,24H2,1H3/b18-13-. The van der Waals surface area contributed by atoms with Crippen LogP contribution in [0.3, 0.4) is 0 Å². The summed E-state index contributed by atoms with van der Waals surface area (Å²) in [6.45, 7) is 5.60. The number of nitrogens with two attached hydrogens (primary N) is 1. The highest BCUT2D eigenvalue weighted by molar-refractivity contribution is 5.50. The second-order valence-electron chi connectivity index (χ2n) is 7.69. The molecule has 3 heterocycles. The Kier molecular flexibility index (Phi) is 5.98. The molecule has 0 spiro atoms. The molecule has 0 aliphatic carbocycles. The molecule has 1 aromatic heterocycles. The molecular weight excluding hydrogens is 392 g/mol. The monoisotopic (exact) mass is 417 g/mol. The van der Waals surface area contributed by atoms with E-state index >= 15 is 0 Å². The van der Waals surface area contributed by atoms with Gasteiger partial charge in [0.1, 0.15) is 6.61 Å². The zero-order valence-electron chi connectivity index (χ0n) is 16.7. The number of nitrogens with zero attached hydrogens (tertiary/aromatic N) is 3. The molecular formula is C21H25F2N5O2. The van der Waals surface area contributed by atoms with Gasteiger partial charge in [-0.1, -0.05) is 12.1 Å². The van der Waals surface area contributed by atoms with Crippen LogP contribution >= 0.6 is 0 Å². The normalized spacial score (nSPS) is 17.9. The summed E-state index contributed by atoms with van der Waals surface area (Å²) in [5.41, 5.74) is 7.71. The lowest BCUT2D eigenvalue weighted by molar-refractivity contribution is -0.0660. The maximum absolute atomic E-state index is 12.7. The molecule has 0 unspecified atom stereocenters. The molecule has 160 valence electrons. The molecule has 2 saturated heterocycles. The summed E-state index contributed by atoms with van der Waals surface area (Å²) in [4.78, 5) is 2.19. The molecule has 0 amide bonds. The van der Waals surface area contributed by atoms with Gasteiger partial charge in [-0.2, -0.15) is 0 Å². The second-order valence-corrected chi connectivity index (χ2v) is 7.69. The minimum absolute atomic E-state index is 0.0308. The van der Waals surface area contributed by atoms with Gasteiger partial charge in [0.15, 0.2) is 5.82 Å². The number of hydrogen-bond donors (Lipinski definition) is 2. The van der Waals surface area contributed by atoms with Gasteiger partial charge in [0, 0.05) is 47.9 Å². The van der Waals surface area contributed by atoms with E-state index in [-0.39, 0.29) is 12.2 Å². The van der Waals surface area contributed by atoms with E-state index in [1.807, 2.05) is 6.07 Å². The van der Waals surface area contributed by atoms with Crippen LogP contribution in [0.25, 0.3) is 0 Å². The molecule has 3 N–H and O–H groups in total. The summed E-state index contributed by atoms with van der Waals surface area (Å²) < 4.78 is 36.3. The molecule has 2 aromatic rings. The van der Waals surface area contributed by atoms with Crippen molar-refractivity contribution in [3.63, 3.8) is 0 Å². The fraction of sp³-hybridized carbons (Fsp3) is 0.429. The van der Waals surface area contributed by atoms with Gasteiger partial charge in [0.2, 0.25) is 5.88 Å². The molecule has 0 radical (unpaired) electrons. The van der Waals surface area contributed by atoms with Crippen molar-refractivity contribution in [2.24, 2.45) is 17.6 Å². The van der Waals surface area contributed by atoms with Crippen molar-refractivity contribution >= 4 is 11.5 Å². The van der Waals surface area contributed by atoms with Crippen LogP contribution in [0.15, 0.2) is 47.8 Å². The number of halogens is 2. The van der Waals surface area contributed by atoms with Crippen LogP contribution < -0.4 is 20.7 Å². The van der Waals surface area contributed by atoms with Crippen molar-refractivity contribution in [2.45, 2.75) is 13.3 Å². The highest BCUT2D eigenvalue weighted by Gasteiger charge is 2.37. The van der Waals surface area contributed by atoms with E-state index in [4.69, 9.17) is 15.2 Å². The number of benzene rings is 1. The molecule has 2 aliphatic rings. The third-order valence-electron chi connectivity index (χ3n) is 5.49. The number of aromatic nitrogens is 2. The van der Waals surface area contributed by atoms with Crippen molar-refractivity contribution in [2.75, 3.05) is 43.1 Å². The molecule has 0 saturated carbocycles. The van der Waals surface area contributed by atoms with Gasteiger partial charge >= 0.3 is 0 Å². The summed E-state index contributed by atoms with van der Waals surface area (Å²) >= 11 is 0. The van der Waals surface area contributed by atoms with Crippen LogP contribution in [0.4, 0.5) is 20.3 Å². The molecule has 9 heteroatoms. The Bertz CT molecular complexity index is 875. The van der Waals surface area contributed by atoms with Crippen LogP contribution in [-0.2, 0) is 4.74 Å². The number of ether oxygens (including phenoxy) is 2. The van der Waals surface area contributed by atoms with Gasteiger partial charge in [-0.3, -0.25) is 0 Å². The number of anilines is 2. The summed E-state index contributed by atoms with van der Waals surface area (Å²) in [5.74, 6) is 2.58. The first-order valence-corrected chi connectivity index (χ1v) is 9.89. The van der Waals surface area contributed by atoms with Gasteiger partial charge in [-0.25, -0.2) is 8.78 Å². The van der Waals surface area contributed by atoms with Crippen molar-refractivity contribution in [1.82, 2.24) is 10.2 Å². The Hall–Kier alpha value is -2.94. The lowest BCUT2D eigenvalue weighted by Crippen LogP contribution is -2.54. The summed E-state index contributed by atoms with van der Waals surface area (Å²) in [6, 6.07) is 9.58. The topological polar surface area (TPSA) is 85.5 Å². The summed E-state index contributed by atoms with van der Waals surface area (Å²) in [6.07, 6.45) is -2.50. The van der Waals surface area contributed by atoms with Crippen LogP contribution in [-0.4, -0.2) is 43.1 Å². The molecule has 2 aliphatic heterocycles. The quantitative estimate of drug-likeness (QED) is 0.682. The van der Waals surface area contributed by atoms with Crippen LogP contribution in [0.1, 0.15) is 18.9 Å². The lowest BCUT2D eigenvalue weighted by atomic mass is 9.84. The number of rotatable bonds is 8. The first-order valence-electron chi connectivity index (χ1n) is 9.89. The highest BCUT2D eigenvalue weighted by atomic mass is 19.3. The largest absolute Gasteiger partial charge is 0.470 e. The lowest BCUT2D eigenvalue weighted by Gasteiger charge is -2.46. The van der Waals surface area contributed by atoms with Gasteiger partial charge in [-0.15, -0.1) is 10.2 Å². The van der Waals surface area contributed by atoms with Gasteiger partial charge in [-0.05, 0) is 25.1 Å². The molecule has 7 nitrogen and oxygen atoms in total. The average molecular weight is 417 g/mol. The third-order valence-corrected chi connectivity index (χ3v) is 5.49. The zero-order valence-corrected chi connectivity index (χ0v) is 16.7. The van der Waals surface area contributed by atoms with Gasteiger partial charge < -0.3 is 25.4 Å². The zero-order chi connectivity index (χ0) is 21.1. The molecule has 1 aromatic carbocycles. The van der Waals surface area contributed by atoms with E-state index in [9.17, 15) is 8.78 Å². The van der Waals surface area contributed by atoms with Crippen molar-refractivity contribution in [3.05, 3.63) is 53.4 Å². The maximum atomic E-state index is 12.7. The number of hydrogen-bond acceptors (Lipinski definition) is 7. The summed E-state index contributed by atoms with van der Waals surface area (Å²) in [5, 5.41) is 11.5. The Balaban J connectivity index is 1.29. The number of alkyl halides is 2. The van der Waals surface area contributed by atoms with Gasteiger partial charge in [0.25, 0.3) is 6.43 Å². The second kappa shape index (κ2) is 8.83. The van der Waals surface area contributed by atoms with E-state index in [1.54, 1.807) is 25.1 Å². The van der Waals surface area contributed by atoms with E-state index < -0.39 is 6.43 Å². The van der Waals surface area contributed by atoms with E-state index in [0.717, 1.165) is 32.1 Å². The molecule has 2 fully saturated rings. The predicted octanol–water partition coefficient (Wildman–Crippen LogP) is 3.18. The fourth-order valence-electron chi connectivity index (χ4n) is 3.36. The predicted molar refractivity (Wildman–Crippen MR) is 109 cm³/mol. The Morgan fingerprint density at radius 1 is 1.17 bits per heavy atom. The van der Waals surface area contributed by atoms with Crippen LogP contribution in [0.2, 0.25) is 0 Å². The van der Waals surface area contributed by atoms with E-state index in [1.165, 1.54) is 12.1 Å². The van der Waals surface area contributed by atoms with E-state index in [2.05, 4.69) is 20.4 Å². The Morgan fingerprint density at radius 3 is 2.43 bits per heavy atom. The van der Waals surface area contributed by atoms with Crippen LogP contribution in [0, 0.1) is 11.8 Å². The van der Waals surface area contributed by atoms with Crippen molar-refractivity contribution in [3.8, 4) is 5.88 Å². The molecule has 30 heavy (non-hydrogen) atoms. The number of nitrogens with one attached hydrogen (secondary N) is 1. The Morgan fingerprint density at radius 2 is 1.90 bits per heavy atom. The third kappa shape index (κ3) is 4.62. The minimum atomic E-state index is -2.50. The Labute approximate surface area is 173 Å². The minimum Gasteiger partial charge on any atom is -0.470 e. The van der Waals surface area contributed by atoms with Gasteiger partial charge in [0.05, 0.1) is 18.9 Å². The van der Waals surface area contributed by atoms with E-state index in [0.29, 0.717) is 34.8 Å². The average Bonchev–Trinajstić information content (AvgIpc) is 2.67. The van der Waals surface area contributed by atoms with Crippen molar-refractivity contribution in [1.29, 1.82) is 0 Å².